The zero-order valence-electron chi connectivity index (χ0n) is 7.17. The van der Waals surface area contributed by atoms with E-state index in [4.69, 9.17) is 0 Å². The Morgan fingerprint density at radius 1 is 0.929 bits per heavy atom. The standard InChI is InChI=1S/C9H8.C2H6.3CH4/c1-2-5-9-7-3-6-8(9)4-1;1-2;;;/h1-6H,7H2;1-2H3;3*1H4. The van der Waals surface area contributed by atoms with Crippen molar-refractivity contribution in [1.29, 1.82) is 0 Å². The zero-order chi connectivity index (χ0) is 8.10. The van der Waals surface area contributed by atoms with E-state index in [-0.39, 0.29) is 22.3 Å². The van der Waals surface area contributed by atoms with Crippen LogP contribution in [0.1, 0.15) is 47.3 Å². The van der Waals surface area contributed by atoms with E-state index in [9.17, 15) is 0 Å². The first-order valence-corrected chi connectivity index (χ1v) is 4.21. The van der Waals surface area contributed by atoms with Gasteiger partial charge in [0.1, 0.15) is 0 Å². The second-order valence-corrected chi connectivity index (χ2v) is 2.31. The summed E-state index contributed by atoms with van der Waals surface area (Å²) < 4.78 is 0. The van der Waals surface area contributed by atoms with Crippen molar-refractivity contribution in [2.24, 2.45) is 0 Å². The van der Waals surface area contributed by atoms with E-state index in [0.717, 1.165) is 6.42 Å². The van der Waals surface area contributed by atoms with Gasteiger partial charge in [-0.1, -0.05) is 72.5 Å². The van der Waals surface area contributed by atoms with Crippen LogP contribution in [0.15, 0.2) is 30.3 Å². The fraction of sp³-hybridized carbons (Fsp3) is 0.429. The SMILES string of the molecule is C.C.C.C1=Cc2ccccc2C1.CC. The Morgan fingerprint density at radius 2 is 1.50 bits per heavy atom. The third-order valence-electron chi connectivity index (χ3n) is 1.69. The van der Waals surface area contributed by atoms with Crippen LogP contribution in [0.3, 0.4) is 0 Å². The highest BCUT2D eigenvalue weighted by atomic mass is 14.0. The monoisotopic (exact) mass is 194 g/mol. The van der Waals surface area contributed by atoms with Gasteiger partial charge in [0.25, 0.3) is 0 Å². The topological polar surface area (TPSA) is 0 Å². The van der Waals surface area contributed by atoms with E-state index < -0.39 is 0 Å². The lowest BCUT2D eigenvalue weighted by Gasteiger charge is -1.93. The van der Waals surface area contributed by atoms with E-state index in [1.807, 2.05) is 13.8 Å². The second kappa shape index (κ2) is 10.0. The molecule has 0 aromatic heterocycles. The lowest BCUT2D eigenvalue weighted by molar-refractivity contribution is 1.31. The summed E-state index contributed by atoms with van der Waals surface area (Å²) in [6.45, 7) is 4.00. The summed E-state index contributed by atoms with van der Waals surface area (Å²) in [7, 11) is 0. The van der Waals surface area contributed by atoms with Gasteiger partial charge in [0.05, 0.1) is 0 Å². The van der Waals surface area contributed by atoms with Crippen molar-refractivity contribution < 1.29 is 0 Å². The number of fused-ring (bicyclic) bond motifs is 1. The van der Waals surface area contributed by atoms with Crippen LogP contribution in [-0.2, 0) is 6.42 Å². The third-order valence-corrected chi connectivity index (χ3v) is 1.69. The molecule has 0 N–H and O–H groups in total. The average molecular weight is 194 g/mol. The molecule has 0 amide bonds. The van der Waals surface area contributed by atoms with Crippen LogP contribution in [0.25, 0.3) is 6.08 Å². The van der Waals surface area contributed by atoms with Crippen LogP contribution in [-0.4, -0.2) is 0 Å². The molecule has 0 radical (unpaired) electrons. The smallest absolute Gasteiger partial charge is 0.00882 e. The van der Waals surface area contributed by atoms with E-state index in [1.54, 1.807) is 0 Å². The molecular formula is C14H26. The highest BCUT2D eigenvalue weighted by molar-refractivity contribution is 5.59. The van der Waals surface area contributed by atoms with Gasteiger partial charge in [0.15, 0.2) is 0 Å². The largest absolute Gasteiger partial charge is 0.0795 e. The Morgan fingerprint density at radius 3 is 2.07 bits per heavy atom. The predicted molar refractivity (Wildman–Crippen MR) is 70.7 cm³/mol. The molecular weight excluding hydrogens is 168 g/mol. The van der Waals surface area contributed by atoms with Crippen LogP contribution in [0.2, 0.25) is 0 Å². The van der Waals surface area contributed by atoms with Crippen LogP contribution in [0, 0.1) is 0 Å². The maximum Gasteiger partial charge on any atom is -0.00882 e. The van der Waals surface area contributed by atoms with Crippen LogP contribution in [0.5, 0.6) is 0 Å². The molecule has 0 nitrogen and oxygen atoms in total. The first-order chi connectivity index (χ1) is 5.47. The normalized spacial score (nSPS) is 9.29. The molecule has 0 bridgehead atoms. The average Bonchev–Trinajstić information content (AvgIpc) is 2.55. The zero-order valence-corrected chi connectivity index (χ0v) is 7.17. The Balaban J connectivity index is -0.000000229. The molecule has 2 rings (SSSR count). The van der Waals surface area contributed by atoms with Gasteiger partial charge in [0.2, 0.25) is 0 Å². The van der Waals surface area contributed by atoms with Crippen molar-refractivity contribution in [1.82, 2.24) is 0 Å². The van der Waals surface area contributed by atoms with Gasteiger partial charge in [-0.3, -0.25) is 0 Å². The van der Waals surface area contributed by atoms with Crippen molar-refractivity contribution in [2.45, 2.75) is 42.5 Å². The predicted octanol–water partition coefficient (Wildman–Crippen LogP) is 5.19. The summed E-state index contributed by atoms with van der Waals surface area (Å²) in [6.07, 6.45) is 5.50. The van der Waals surface area contributed by atoms with Gasteiger partial charge < -0.3 is 0 Å². The lowest BCUT2D eigenvalue weighted by Crippen LogP contribution is -1.76. The minimum Gasteiger partial charge on any atom is -0.0795 e. The van der Waals surface area contributed by atoms with Gasteiger partial charge in [-0.25, -0.2) is 0 Å². The van der Waals surface area contributed by atoms with Gasteiger partial charge in [-0.2, -0.15) is 0 Å². The van der Waals surface area contributed by atoms with Gasteiger partial charge in [0, 0.05) is 0 Å². The van der Waals surface area contributed by atoms with Gasteiger partial charge >= 0.3 is 0 Å². The molecule has 1 aromatic carbocycles. The Hall–Kier alpha value is -1.04. The summed E-state index contributed by atoms with van der Waals surface area (Å²) in [5, 5.41) is 0. The van der Waals surface area contributed by atoms with Crippen LogP contribution in [0.4, 0.5) is 0 Å². The minimum absolute atomic E-state index is 0. The Bertz CT molecular complexity index is 246. The number of rotatable bonds is 0. The summed E-state index contributed by atoms with van der Waals surface area (Å²) in [4.78, 5) is 0. The fourth-order valence-electron chi connectivity index (χ4n) is 1.20. The summed E-state index contributed by atoms with van der Waals surface area (Å²) in [5.74, 6) is 0. The van der Waals surface area contributed by atoms with Crippen molar-refractivity contribution in [2.75, 3.05) is 0 Å². The van der Waals surface area contributed by atoms with E-state index in [1.165, 1.54) is 11.1 Å². The van der Waals surface area contributed by atoms with Crippen molar-refractivity contribution in [3.63, 3.8) is 0 Å². The van der Waals surface area contributed by atoms with Gasteiger partial charge in [-0.15, -0.1) is 0 Å². The number of benzene rings is 1. The molecule has 0 heterocycles. The summed E-state index contributed by atoms with van der Waals surface area (Å²) >= 11 is 0. The minimum atomic E-state index is 0. The maximum atomic E-state index is 2.20. The van der Waals surface area contributed by atoms with Crippen molar-refractivity contribution >= 4 is 6.08 Å². The molecule has 82 valence electrons. The van der Waals surface area contributed by atoms with Crippen LogP contribution >= 0.6 is 0 Å². The Kier molecular flexibility index (Phi) is 13.4. The summed E-state index contributed by atoms with van der Waals surface area (Å²) in [5.41, 5.74) is 2.84. The quantitative estimate of drug-likeness (QED) is 0.533. The molecule has 0 fully saturated rings. The number of hydrogen-bond donors (Lipinski definition) is 0. The highest BCUT2D eigenvalue weighted by Gasteiger charge is 2.00. The Labute approximate surface area is 90.7 Å². The molecule has 0 saturated heterocycles. The highest BCUT2D eigenvalue weighted by Crippen LogP contribution is 2.17. The van der Waals surface area contributed by atoms with Crippen LogP contribution < -0.4 is 0 Å². The molecule has 1 aromatic rings. The van der Waals surface area contributed by atoms with Crippen molar-refractivity contribution in [3.05, 3.63) is 41.5 Å². The van der Waals surface area contributed by atoms with Gasteiger partial charge in [-0.05, 0) is 17.5 Å². The molecule has 0 saturated carbocycles. The fourth-order valence-corrected chi connectivity index (χ4v) is 1.20. The number of hydrogen-bond acceptors (Lipinski definition) is 0. The molecule has 0 heteroatoms. The summed E-state index contributed by atoms with van der Waals surface area (Å²) in [6, 6.07) is 8.49. The molecule has 1 aliphatic rings. The molecule has 0 atom stereocenters. The first-order valence-electron chi connectivity index (χ1n) is 4.21. The van der Waals surface area contributed by atoms with E-state index in [0.29, 0.717) is 0 Å². The third kappa shape index (κ3) is 4.27. The number of allylic oxidation sites excluding steroid dienone is 1. The molecule has 0 unspecified atom stereocenters. The second-order valence-electron chi connectivity index (χ2n) is 2.31. The first kappa shape index (κ1) is 18.7. The lowest BCUT2D eigenvalue weighted by atomic mass is 10.1. The van der Waals surface area contributed by atoms with E-state index >= 15 is 0 Å². The molecule has 1 aliphatic carbocycles. The van der Waals surface area contributed by atoms with Crippen molar-refractivity contribution in [3.8, 4) is 0 Å². The van der Waals surface area contributed by atoms with E-state index in [2.05, 4.69) is 36.4 Å². The molecule has 14 heavy (non-hydrogen) atoms. The molecule has 0 spiro atoms. The maximum absolute atomic E-state index is 2.20. The molecule has 0 aliphatic heterocycles.